The molecule has 0 radical (unpaired) electrons. The molecule has 0 bridgehead atoms. The molecule has 1 aromatic heterocycles. The number of rotatable bonds is 10. The minimum atomic E-state index is 0.0938. The highest BCUT2D eigenvalue weighted by Gasteiger charge is 2.30. The molecule has 0 aromatic carbocycles. The summed E-state index contributed by atoms with van der Waals surface area (Å²) in [7, 11) is 0. The number of carbonyl (C=O) groups excluding carboxylic acids is 1. The van der Waals surface area contributed by atoms with Gasteiger partial charge in [-0.2, -0.15) is 0 Å². The molecule has 2 amide bonds. The van der Waals surface area contributed by atoms with Crippen LogP contribution in [0.4, 0.5) is 10.7 Å². The van der Waals surface area contributed by atoms with E-state index in [9.17, 15) is 4.79 Å². The maximum absolute atomic E-state index is 13.1. The molecule has 2 fully saturated rings. The van der Waals surface area contributed by atoms with Crippen LogP contribution in [0.25, 0.3) is 0 Å². The fraction of sp³-hybridized carbons (Fsp3) is 0.800. The van der Waals surface area contributed by atoms with Crippen molar-refractivity contribution in [2.75, 3.05) is 51.5 Å². The standard InChI is InChI=1S/C25H44IN7O/c1-3-11-33-19-21(9-10-22(33)16-20-18-28-24(27)30-23(20)17-26)29-25(34)32(4-2)15-14-31-12-7-5-6-8-13-31/h18,21-22H,3-17,19H2,1-2H3,(H,29,34)(H2,27,28,30)/t21-,22-/m0/s1. The van der Waals surface area contributed by atoms with E-state index in [2.05, 4.69) is 61.5 Å². The number of amides is 2. The maximum Gasteiger partial charge on any atom is 0.317 e. The lowest BCUT2D eigenvalue weighted by molar-refractivity contribution is 0.117. The van der Waals surface area contributed by atoms with Crippen molar-refractivity contribution in [2.24, 2.45) is 0 Å². The third-order valence-corrected chi connectivity index (χ3v) is 7.99. The number of nitrogens with two attached hydrogens (primary N) is 1. The lowest BCUT2D eigenvalue weighted by Gasteiger charge is -2.40. The number of alkyl halides is 1. The summed E-state index contributed by atoms with van der Waals surface area (Å²) in [6, 6.07) is 0.748. The van der Waals surface area contributed by atoms with Crippen molar-refractivity contribution in [2.45, 2.75) is 81.7 Å². The second kappa shape index (κ2) is 14.4. The summed E-state index contributed by atoms with van der Waals surface area (Å²) >= 11 is 2.35. The predicted octanol–water partition coefficient (Wildman–Crippen LogP) is 3.69. The number of halogens is 1. The fourth-order valence-corrected chi connectivity index (χ4v) is 5.96. The summed E-state index contributed by atoms with van der Waals surface area (Å²) in [6.45, 7) is 11.2. The third kappa shape index (κ3) is 8.19. The molecule has 0 saturated carbocycles. The van der Waals surface area contributed by atoms with E-state index < -0.39 is 0 Å². The van der Waals surface area contributed by atoms with E-state index in [-0.39, 0.29) is 12.1 Å². The molecule has 2 saturated heterocycles. The summed E-state index contributed by atoms with van der Waals surface area (Å²) in [4.78, 5) is 28.8. The molecule has 8 nitrogen and oxygen atoms in total. The first-order valence-electron chi connectivity index (χ1n) is 13.2. The maximum atomic E-state index is 13.1. The number of likely N-dealkylation sites (tertiary alicyclic amines) is 2. The zero-order chi connectivity index (χ0) is 24.3. The van der Waals surface area contributed by atoms with Gasteiger partial charge in [-0.05, 0) is 70.6 Å². The fourth-order valence-electron chi connectivity index (χ4n) is 5.30. The van der Waals surface area contributed by atoms with Gasteiger partial charge in [-0.3, -0.25) is 4.90 Å². The van der Waals surface area contributed by atoms with Gasteiger partial charge in [-0.25, -0.2) is 14.8 Å². The largest absolute Gasteiger partial charge is 0.368 e. The van der Waals surface area contributed by atoms with E-state index in [4.69, 9.17) is 5.73 Å². The Morgan fingerprint density at radius 3 is 2.65 bits per heavy atom. The molecule has 2 aliphatic heterocycles. The number of hydrogen-bond donors (Lipinski definition) is 2. The van der Waals surface area contributed by atoms with Crippen LogP contribution in [-0.4, -0.2) is 88.6 Å². The first-order valence-corrected chi connectivity index (χ1v) is 14.7. The Morgan fingerprint density at radius 1 is 1.21 bits per heavy atom. The van der Waals surface area contributed by atoms with E-state index in [1.54, 1.807) is 0 Å². The van der Waals surface area contributed by atoms with Crippen LogP contribution in [-0.2, 0) is 10.8 Å². The van der Waals surface area contributed by atoms with Crippen LogP contribution in [0.2, 0.25) is 0 Å². The second-order valence-electron chi connectivity index (χ2n) is 9.75. The highest BCUT2D eigenvalue weighted by Crippen LogP contribution is 2.23. The van der Waals surface area contributed by atoms with Gasteiger partial charge < -0.3 is 20.9 Å². The van der Waals surface area contributed by atoms with Gasteiger partial charge in [0.25, 0.3) is 0 Å². The van der Waals surface area contributed by atoms with Gasteiger partial charge in [0.1, 0.15) is 0 Å². The molecule has 3 heterocycles. The topological polar surface area (TPSA) is 90.6 Å². The van der Waals surface area contributed by atoms with E-state index in [0.29, 0.717) is 12.0 Å². The van der Waals surface area contributed by atoms with E-state index in [1.807, 2.05) is 11.1 Å². The Balaban J connectivity index is 1.53. The van der Waals surface area contributed by atoms with Crippen LogP contribution in [0.5, 0.6) is 0 Å². The number of nitrogens with one attached hydrogen (secondary N) is 1. The zero-order valence-electron chi connectivity index (χ0n) is 21.1. The Morgan fingerprint density at radius 2 is 1.97 bits per heavy atom. The monoisotopic (exact) mass is 585 g/mol. The molecule has 3 N–H and O–H groups in total. The van der Waals surface area contributed by atoms with Crippen LogP contribution in [0.3, 0.4) is 0 Å². The number of nitrogen functional groups attached to an aromatic ring is 1. The highest BCUT2D eigenvalue weighted by atomic mass is 127. The third-order valence-electron chi connectivity index (χ3n) is 7.27. The second-order valence-corrected chi connectivity index (χ2v) is 10.5. The predicted molar refractivity (Wildman–Crippen MR) is 147 cm³/mol. The lowest BCUT2D eigenvalue weighted by Crippen LogP contribution is -2.55. The van der Waals surface area contributed by atoms with E-state index >= 15 is 0 Å². The van der Waals surface area contributed by atoms with Gasteiger partial charge in [-0.1, -0.05) is 42.4 Å². The van der Waals surface area contributed by atoms with Crippen molar-refractivity contribution in [3.63, 3.8) is 0 Å². The summed E-state index contributed by atoms with van der Waals surface area (Å²) in [5.41, 5.74) is 8.04. The minimum absolute atomic E-state index is 0.0938. The molecule has 2 aliphatic rings. The van der Waals surface area contributed by atoms with Crippen LogP contribution in [0.1, 0.15) is 70.1 Å². The number of carbonyl (C=O) groups is 1. The Hall–Kier alpha value is -1.20. The molecular weight excluding hydrogens is 541 g/mol. The molecule has 9 heteroatoms. The number of urea groups is 1. The number of likely N-dealkylation sites (N-methyl/N-ethyl adjacent to an activating group) is 1. The number of hydrogen-bond acceptors (Lipinski definition) is 6. The minimum Gasteiger partial charge on any atom is -0.368 e. The lowest BCUT2D eigenvalue weighted by atomic mass is 9.93. The molecule has 1 aromatic rings. The molecule has 34 heavy (non-hydrogen) atoms. The van der Waals surface area contributed by atoms with Gasteiger partial charge in [0.15, 0.2) is 0 Å². The van der Waals surface area contributed by atoms with Gasteiger partial charge >= 0.3 is 6.03 Å². The van der Waals surface area contributed by atoms with Crippen molar-refractivity contribution in [1.82, 2.24) is 30.0 Å². The Labute approximate surface area is 219 Å². The summed E-state index contributed by atoms with van der Waals surface area (Å²) in [5, 5.41) is 3.36. The molecule has 2 atom stereocenters. The van der Waals surface area contributed by atoms with Crippen LogP contribution >= 0.6 is 22.6 Å². The smallest absolute Gasteiger partial charge is 0.317 e. The molecule has 192 valence electrons. The van der Waals surface area contributed by atoms with Crippen LogP contribution in [0.15, 0.2) is 6.20 Å². The molecule has 0 spiro atoms. The molecule has 0 unspecified atom stereocenters. The molecular formula is C25H44IN7O. The first kappa shape index (κ1) is 27.4. The number of nitrogens with zero attached hydrogens (tertiary/aromatic N) is 5. The van der Waals surface area contributed by atoms with Crippen molar-refractivity contribution in [3.8, 4) is 0 Å². The zero-order valence-corrected chi connectivity index (χ0v) is 23.3. The van der Waals surface area contributed by atoms with Crippen molar-refractivity contribution in [3.05, 3.63) is 17.5 Å². The van der Waals surface area contributed by atoms with E-state index in [0.717, 1.165) is 68.5 Å². The average Bonchev–Trinajstić information content (AvgIpc) is 3.11. The average molecular weight is 586 g/mol. The summed E-state index contributed by atoms with van der Waals surface area (Å²) < 4.78 is 0.837. The SMILES string of the molecule is CCCN1C[C@@H](NC(=O)N(CC)CCN2CCCCCC2)CC[C@H]1Cc1cnc(N)nc1CI. The quantitative estimate of drug-likeness (QED) is 0.322. The Kier molecular flexibility index (Phi) is 11.6. The van der Waals surface area contributed by atoms with Crippen LogP contribution < -0.4 is 11.1 Å². The van der Waals surface area contributed by atoms with Gasteiger partial charge in [-0.15, -0.1) is 0 Å². The number of piperidine rings is 1. The number of anilines is 1. The number of aromatic nitrogens is 2. The molecule has 3 rings (SSSR count). The van der Waals surface area contributed by atoms with E-state index in [1.165, 1.54) is 44.3 Å². The first-order chi connectivity index (χ1) is 16.5. The van der Waals surface area contributed by atoms with Crippen molar-refractivity contribution < 1.29 is 4.79 Å². The normalized spacial score (nSPS) is 22.3. The van der Waals surface area contributed by atoms with Crippen LogP contribution in [0, 0.1) is 0 Å². The molecule has 0 aliphatic carbocycles. The van der Waals surface area contributed by atoms with Crippen molar-refractivity contribution in [1.29, 1.82) is 0 Å². The van der Waals surface area contributed by atoms with Gasteiger partial charge in [0.2, 0.25) is 5.95 Å². The Bertz CT molecular complexity index is 757. The summed E-state index contributed by atoms with van der Waals surface area (Å²) in [5.74, 6) is 0.351. The van der Waals surface area contributed by atoms with Gasteiger partial charge in [0, 0.05) is 48.9 Å². The van der Waals surface area contributed by atoms with Gasteiger partial charge in [0.05, 0.1) is 5.69 Å². The highest BCUT2D eigenvalue weighted by molar-refractivity contribution is 14.1. The summed E-state index contributed by atoms with van der Waals surface area (Å²) in [6.07, 6.45) is 11.3. The van der Waals surface area contributed by atoms with Crippen molar-refractivity contribution >= 4 is 34.6 Å².